The molecule has 0 heterocycles. The molecule has 1 fully saturated rings. The van der Waals surface area contributed by atoms with E-state index in [1.807, 2.05) is 30.3 Å². The molecular weight excluding hydrogens is 254 g/mol. The van der Waals surface area contributed by atoms with Gasteiger partial charge in [-0.25, -0.2) is 4.79 Å². The highest BCUT2D eigenvalue weighted by atomic mass is 16.5. The van der Waals surface area contributed by atoms with Crippen LogP contribution in [-0.2, 0) is 20.8 Å². The lowest BCUT2D eigenvalue weighted by Crippen LogP contribution is -2.62. The van der Waals surface area contributed by atoms with E-state index in [0.717, 1.165) is 31.2 Å². The average Bonchev–Trinajstić information content (AvgIpc) is 2.53. The van der Waals surface area contributed by atoms with Crippen LogP contribution in [0.15, 0.2) is 30.3 Å². The second kappa shape index (κ2) is 6.86. The van der Waals surface area contributed by atoms with E-state index in [4.69, 9.17) is 9.47 Å². The first kappa shape index (κ1) is 15.0. The molecule has 0 radical (unpaired) electrons. The molecule has 0 spiro atoms. The molecule has 2 atom stereocenters. The third-order valence-electron chi connectivity index (χ3n) is 4.12. The summed E-state index contributed by atoms with van der Waals surface area (Å²) in [5, 5.41) is 3.40. The van der Waals surface area contributed by atoms with E-state index in [9.17, 15) is 4.79 Å². The average molecular weight is 277 g/mol. The molecule has 1 aromatic rings. The molecule has 1 aliphatic carbocycles. The third kappa shape index (κ3) is 3.02. The van der Waals surface area contributed by atoms with Gasteiger partial charge in [-0.3, -0.25) is 5.32 Å². The number of methoxy groups -OCH3 is 2. The SMILES string of the molecule is COC(=O)C1(NCc2ccccc2)CCCCC1OC. The Morgan fingerprint density at radius 3 is 2.70 bits per heavy atom. The quantitative estimate of drug-likeness (QED) is 0.839. The van der Waals surface area contributed by atoms with E-state index in [1.165, 1.54) is 7.11 Å². The van der Waals surface area contributed by atoms with E-state index < -0.39 is 5.54 Å². The molecule has 0 bridgehead atoms. The van der Waals surface area contributed by atoms with Gasteiger partial charge in [0.15, 0.2) is 0 Å². The van der Waals surface area contributed by atoms with Crippen molar-refractivity contribution in [3.05, 3.63) is 35.9 Å². The number of hydrogen-bond donors (Lipinski definition) is 1. The normalized spacial score (nSPS) is 26.2. The zero-order valence-corrected chi connectivity index (χ0v) is 12.2. The summed E-state index contributed by atoms with van der Waals surface area (Å²) in [5.41, 5.74) is 0.425. The van der Waals surface area contributed by atoms with Gasteiger partial charge < -0.3 is 9.47 Å². The lowest BCUT2D eigenvalue weighted by molar-refractivity contribution is -0.158. The highest BCUT2D eigenvalue weighted by Crippen LogP contribution is 2.32. The zero-order valence-electron chi connectivity index (χ0n) is 12.2. The first-order valence-corrected chi connectivity index (χ1v) is 7.13. The highest BCUT2D eigenvalue weighted by Gasteiger charge is 2.48. The lowest BCUT2D eigenvalue weighted by Gasteiger charge is -2.41. The zero-order chi connectivity index (χ0) is 14.4. The summed E-state index contributed by atoms with van der Waals surface area (Å²) in [6, 6.07) is 10.1. The molecule has 4 nitrogen and oxygen atoms in total. The van der Waals surface area contributed by atoms with Crippen molar-refractivity contribution in [2.24, 2.45) is 0 Å². The predicted molar refractivity (Wildman–Crippen MR) is 77.3 cm³/mol. The number of hydrogen-bond acceptors (Lipinski definition) is 4. The second-order valence-corrected chi connectivity index (χ2v) is 5.27. The van der Waals surface area contributed by atoms with E-state index in [2.05, 4.69) is 5.32 Å². The van der Waals surface area contributed by atoms with Gasteiger partial charge in [-0.1, -0.05) is 43.2 Å². The van der Waals surface area contributed by atoms with E-state index in [-0.39, 0.29) is 12.1 Å². The number of nitrogens with one attached hydrogen (secondary N) is 1. The van der Waals surface area contributed by atoms with E-state index in [0.29, 0.717) is 6.54 Å². The monoisotopic (exact) mass is 277 g/mol. The molecule has 1 aliphatic rings. The summed E-state index contributed by atoms with van der Waals surface area (Å²) in [7, 11) is 3.10. The molecule has 0 aliphatic heterocycles. The number of rotatable bonds is 5. The van der Waals surface area contributed by atoms with Crippen molar-refractivity contribution in [3.8, 4) is 0 Å². The van der Waals surface area contributed by atoms with Crippen LogP contribution in [0.3, 0.4) is 0 Å². The molecule has 1 aromatic carbocycles. The number of benzene rings is 1. The van der Waals surface area contributed by atoms with Crippen LogP contribution in [0.1, 0.15) is 31.2 Å². The minimum absolute atomic E-state index is 0.132. The van der Waals surface area contributed by atoms with Crippen molar-refractivity contribution in [1.29, 1.82) is 0 Å². The highest BCUT2D eigenvalue weighted by molar-refractivity contribution is 5.82. The Bertz CT molecular complexity index is 435. The predicted octanol–water partition coefficient (Wildman–Crippen LogP) is 2.28. The molecular formula is C16H23NO3. The molecule has 110 valence electrons. The molecule has 0 aromatic heterocycles. The molecule has 1 N–H and O–H groups in total. The summed E-state index contributed by atoms with van der Waals surface area (Å²) in [4.78, 5) is 12.3. The Hall–Kier alpha value is -1.39. The summed E-state index contributed by atoms with van der Waals surface area (Å²) >= 11 is 0. The molecule has 4 heteroatoms. The Kier molecular flexibility index (Phi) is 5.15. The molecule has 2 unspecified atom stereocenters. The van der Waals surface area contributed by atoms with Crippen molar-refractivity contribution in [2.45, 2.75) is 43.9 Å². The number of ether oxygens (including phenoxy) is 2. The van der Waals surface area contributed by atoms with Crippen LogP contribution >= 0.6 is 0 Å². The van der Waals surface area contributed by atoms with Gasteiger partial charge >= 0.3 is 5.97 Å². The lowest BCUT2D eigenvalue weighted by atomic mass is 9.78. The summed E-state index contributed by atoms with van der Waals surface area (Å²) < 4.78 is 10.6. The van der Waals surface area contributed by atoms with Crippen molar-refractivity contribution >= 4 is 5.97 Å². The van der Waals surface area contributed by atoms with Crippen LogP contribution < -0.4 is 5.32 Å². The number of carbonyl (C=O) groups is 1. The minimum Gasteiger partial charge on any atom is -0.468 e. The fraction of sp³-hybridized carbons (Fsp3) is 0.562. The molecule has 2 rings (SSSR count). The van der Waals surface area contributed by atoms with Gasteiger partial charge in [-0.15, -0.1) is 0 Å². The summed E-state index contributed by atoms with van der Waals surface area (Å²) in [5.74, 6) is -0.222. The van der Waals surface area contributed by atoms with Crippen molar-refractivity contribution in [2.75, 3.05) is 14.2 Å². The van der Waals surface area contributed by atoms with Crippen molar-refractivity contribution in [1.82, 2.24) is 5.32 Å². The maximum absolute atomic E-state index is 12.3. The van der Waals surface area contributed by atoms with Crippen LogP contribution in [-0.4, -0.2) is 31.8 Å². The van der Waals surface area contributed by atoms with Gasteiger partial charge in [0.1, 0.15) is 5.54 Å². The van der Waals surface area contributed by atoms with Gasteiger partial charge in [-0.05, 0) is 18.4 Å². The number of carbonyl (C=O) groups excluding carboxylic acids is 1. The summed E-state index contributed by atoms with van der Waals surface area (Å²) in [6.45, 7) is 0.635. The standard InChI is InChI=1S/C16H23NO3/c1-19-14-10-6-7-11-16(14,15(18)20-2)17-12-13-8-4-3-5-9-13/h3-5,8-9,14,17H,6-7,10-12H2,1-2H3. The molecule has 1 saturated carbocycles. The van der Waals surface area contributed by atoms with Crippen molar-refractivity contribution < 1.29 is 14.3 Å². The van der Waals surface area contributed by atoms with Gasteiger partial charge in [0.05, 0.1) is 13.2 Å². The summed E-state index contributed by atoms with van der Waals surface area (Å²) in [6.07, 6.45) is 3.60. The van der Waals surface area contributed by atoms with Gasteiger partial charge in [0.25, 0.3) is 0 Å². The Morgan fingerprint density at radius 1 is 1.30 bits per heavy atom. The molecule has 20 heavy (non-hydrogen) atoms. The van der Waals surface area contributed by atoms with Gasteiger partial charge in [0, 0.05) is 13.7 Å². The fourth-order valence-electron chi connectivity index (χ4n) is 3.01. The maximum atomic E-state index is 12.3. The first-order valence-electron chi connectivity index (χ1n) is 7.13. The van der Waals surface area contributed by atoms with Crippen LogP contribution in [0.2, 0.25) is 0 Å². The van der Waals surface area contributed by atoms with E-state index in [1.54, 1.807) is 7.11 Å². The molecule has 0 saturated heterocycles. The minimum atomic E-state index is -0.725. The Balaban J connectivity index is 2.16. The first-order chi connectivity index (χ1) is 9.73. The van der Waals surface area contributed by atoms with Crippen LogP contribution in [0.25, 0.3) is 0 Å². The third-order valence-corrected chi connectivity index (χ3v) is 4.12. The number of esters is 1. The van der Waals surface area contributed by atoms with Crippen LogP contribution in [0.4, 0.5) is 0 Å². The Labute approximate surface area is 120 Å². The van der Waals surface area contributed by atoms with E-state index >= 15 is 0 Å². The molecule has 0 amide bonds. The fourth-order valence-corrected chi connectivity index (χ4v) is 3.01. The Morgan fingerprint density at radius 2 is 2.05 bits per heavy atom. The largest absolute Gasteiger partial charge is 0.468 e. The second-order valence-electron chi connectivity index (χ2n) is 5.27. The van der Waals surface area contributed by atoms with Gasteiger partial charge in [-0.2, -0.15) is 0 Å². The van der Waals surface area contributed by atoms with Crippen LogP contribution in [0, 0.1) is 0 Å². The van der Waals surface area contributed by atoms with Crippen molar-refractivity contribution in [3.63, 3.8) is 0 Å². The topological polar surface area (TPSA) is 47.6 Å². The smallest absolute Gasteiger partial charge is 0.328 e. The van der Waals surface area contributed by atoms with Gasteiger partial charge in [0.2, 0.25) is 0 Å². The van der Waals surface area contributed by atoms with Crippen LogP contribution in [0.5, 0.6) is 0 Å². The maximum Gasteiger partial charge on any atom is 0.328 e.